The van der Waals surface area contributed by atoms with E-state index in [2.05, 4.69) is 69.1 Å². The van der Waals surface area contributed by atoms with Gasteiger partial charge in [-0.15, -0.1) is 0 Å². The van der Waals surface area contributed by atoms with Gasteiger partial charge in [0.15, 0.2) is 0 Å². The number of nitrogens with zero attached hydrogens (tertiary/aromatic N) is 1. The largest absolute Gasteiger partial charge is 0.309 e. The highest BCUT2D eigenvalue weighted by Crippen LogP contribution is 2.16. The lowest BCUT2D eigenvalue weighted by Gasteiger charge is -2.30. The van der Waals surface area contributed by atoms with Crippen LogP contribution in [0.3, 0.4) is 0 Å². The first-order valence-corrected chi connectivity index (χ1v) is 7.12. The highest BCUT2D eigenvalue weighted by atomic mass is 15.2. The molecule has 1 atom stereocenters. The highest BCUT2D eigenvalue weighted by molar-refractivity contribution is 5.24. The van der Waals surface area contributed by atoms with Gasteiger partial charge in [-0.25, -0.2) is 0 Å². The number of benzene rings is 1. The van der Waals surface area contributed by atoms with Crippen LogP contribution in [0.5, 0.6) is 0 Å². The van der Waals surface area contributed by atoms with E-state index >= 15 is 0 Å². The predicted molar refractivity (Wildman–Crippen MR) is 80.0 cm³/mol. The Morgan fingerprint density at radius 3 is 2.17 bits per heavy atom. The summed E-state index contributed by atoms with van der Waals surface area (Å²) in [7, 11) is 0. The first-order valence-electron chi connectivity index (χ1n) is 7.12. The minimum Gasteiger partial charge on any atom is -0.309 e. The maximum absolute atomic E-state index is 3.60. The number of nitrogens with one attached hydrogen (secondary N) is 1. The van der Waals surface area contributed by atoms with Crippen LogP contribution in [-0.4, -0.2) is 30.6 Å². The van der Waals surface area contributed by atoms with Crippen molar-refractivity contribution in [1.82, 2.24) is 10.2 Å². The smallest absolute Gasteiger partial charge is 0.0449 e. The molecule has 0 aliphatic carbocycles. The zero-order valence-electron chi connectivity index (χ0n) is 12.5. The molecule has 0 radical (unpaired) electrons. The van der Waals surface area contributed by atoms with E-state index in [1.54, 1.807) is 0 Å². The average molecular weight is 248 g/mol. The van der Waals surface area contributed by atoms with Gasteiger partial charge < -0.3 is 5.32 Å². The molecular weight excluding hydrogens is 220 g/mol. The van der Waals surface area contributed by atoms with E-state index in [1.807, 2.05) is 0 Å². The molecule has 102 valence electrons. The van der Waals surface area contributed by atoms with Gasteiger partial charge in [0.05, 0.1) is 0 Å². The van der Waals surface area contributed by atoms with Gasteiger partial charge in [-0.3, -0.25) is 4.90 Å². The lowest BCUT2D eigenvalue weighted by atomic mass is 10.0. The molecule has 1 aromatic rings. The molecule has 0 fully saturated rings. The number of likely N-dealkylation sites (N-methyl/N-ethyl adjacent to an activating group) is 2. The Kier molecular flexibility index (Phi) is 6.37. The van der Waals surface area contributed by atoms with Crippen molar-refractivity contribution in [3.05, 3.63) is 35.4 Å². The quantitative estimate of drug-likeness (QED) is 0.796. The minimum atomic E-state index is 0.429. The van der Waals surface area contributed by atoms with Crippen molar-refractivity contribution < 1.29 is 0 Å². The second-order valence-electron chi connectivity index (χ2n) is 5.20. The molecule has 0 amide bonds. The van der Waals surface area contributed by atoms with E-state index in [9.17, 15) is 0 Å². The van der Waals surface area contributed by atoms with Crippen LogP contribution in [0.4, 0.5) is 0 Å². The van der Waals surface area contributed by atoms with E-state index in [0.717, 1.165) is 19.6 Å². The Hall–Kier alpha value is -0.860. The molecule has 18 heavy (non-hydrogen) atoms. The summed E-state index contributed by atoms with van der Waals surface area (Å²) in [5.41, 5.74) is 2.71. The van der Waals surface area contributed by atoms with Crippen LogP contribution in [0.2, 0.25) is 0 Å². The average Bonchev–Trinajstić information content (AvgIpc) is 2.35. The van der Waals surface area contributed by atoms with Crippen LogP contribution in [0, 0.1) is 6.92 Å². The molecule has 0 heterocycles. The maximum atomic E-state index is 3.60. The van der Waals surface area contributed by atoms with Crippen molar-refractivity contribution in [1.29, 1.82) is 0 Å². The third kappa shape index (κ3) is 4.43. The summed E-state index contributed by atoms with van der Waals surface area (Å²) in [5.74, 6) is 0. The Bertz CT molecular complexity index is 329. The molecule has 1 aromatic carbocycles. The first-order chi connectivity index (χ1) is 8.58. The maximum Gasteiger partial charge on any atom is 0.0449 e. The van der Waals surface area contributed by atoms with Gasteiger partial charge in [-0.2, -0.15) is 0 Å². The van der Waals surface area contributed by atoms with Crippen molar-refractivity contribution >= 4 is 0 Å². The molecule has 0 aliphatic heterocycles. The summed E-state index contributed by atoms with van der Waals surface area (Å²) < 4.78 is 0. The Balaban J connectivity index is 2.78. The van der Waals surface area contributed by atoms with Crippen molar-refractivity contribution in [2.45, 2.75) is 46.7 Å². The van der Waals surface area contributed by atoms with Crippen molar-refractivity contribution in [2.24, 2.45) is 0 Å². The lowest BCUT2D eigenvalue weighted by Crippen LogP contribution is -2.39. The second kappa shape index (κ2) is 7.55. The molecule has 0 bridgehead atoms. The topological polar surface area (TPSA) is 15.3 Å². The normalized spacial score (nSPS) is 13.3. The fourth-order valence-corrected chi connectivity index (χ4v) is 2.27. The first kappa shape index (κ1) is 15.2. The van der Waals surface area contributed by atoms with Gasteiger partial charge in [0.25, 0.3) is 0 Å². The third-order valence-electron chi connectivity index (χ3n) is 3.48. The second-order valence-corrected chi connectivity index (χ2v) is 5.20. The molecule has 0 saturated carbocycles. The summed E-state index contributed by atoms with van der Waals surface area (Å²) in [6.07, 6.45) is 0. The fraction of sp³-hybridized carbons (Fsp3) is 0.625. The third-order valence-corrected chi connectivity index (χ3v) is 3.48. The zero-order valence-corrected chi connectivity index (χ0v) is 12.5. The molecule has 1 rings (SSSR count). The summed E-state index contributed by atoms with van der Waals surface area (Å²) in [6, 6.07) is 9.92. The van der Waals surface area contributed by atoms with Gasteiger partial charge in [-0.1, -0.05) is 43.7 Å². The molecule has 0 spiro atoms. The number of hydrogen-bond donors (Lipinski definition) is 1. The SMILES string of the molecule is CCNC(CN(CC)C(C)C)c1ccc(C)cc1. The van der Waals surface area contributed by atoms with Crippen LogP contribution in [0.15, 0.2) is 24.3 Å². The van der Waals surface area contributed by atoms with E-state index in [1.165, 1.54) is 11.1 Å². The molecule has 2 nitrogen and oxygen atoms in total. The predicted octanol–water partition coefficient (Wildman–Crippen LogP) is 3.38. The van der Waals surface area contributed by atoms with Gasteiger partial charge in [0.1, 0.15) is 0 Å². The number of aryl methyl sites for hydroxylation is 1. The Labute approximate surface area is 112 Å². The van der Waals surface area contributed by atoms with E-state index in [0.29, 0.717) is 12.1 Å². The van der Waals surface area contributed by atoms with Crippen molar-refractivity contribution in [3.8, 4) is 0 Å². The Morgan fingerprint density at radius 2 is 1.72 bits per heavy atom. The van der Waals surface area contributed by atoms with Crippen LogP contribution >= 0.6 is 0 Å². The zero-order chi connectivity index (χ0) is 13.5. The molecule has 0 saturated heterocycles. The summed E-state index contributed by atoms with van der Waals surface area (Å²) in [5, 5.41) is 3.60. The van der Waals surface area contributed by atoms with Gasteiger partial charge in [0.2, 0.25) is 0 Å². The highest BCUT2D eigenvalue weighted by Gasteiger charge is 2.16. The molecule has 2 heteroatoms. The van der Waals surface area contributed by atoms with Crippen LogP contribution in [0.25, 0.3) is 0 Å². The lowest BCUT2D eigenvalue weighted by molar-refractivity contribution is 0.208. The van der Waals surface area contributed by atoms with Gasteiger partial charge in [-0.05, 0) is 39.4 Å². The molecule has 0 aliphatic rings. The molecular formula is C16H28N2. The Morgan fingerprint density at radius 1 is 1.11 bits per heavy atom. The fourth-order valence-electron chi connectivity index (χ4n) is 2.27. The van der Waals surface area contributed by atoms with Crippen LogP contribution in [0.1, 0.15) is 44.9 Å². The summed E-state index contributed by atoms with van der Waals surface area (Å²) >= 11 is 0. The van der Waals surface area contributed by atoms with Crippen molar-refractivity contribution in [3.63, 3.8) is 0 Å². The van der Waals surface area contributed by atoms with Gasteiger partial charge >= 0.3 is 0 Å². The van der Waals surface area contributed by atoms with E-state index < -0.39 is 0 Å². The van der Waals surface area contributed by atoms with Crippen LogP contribution in [-0.2, 0) is 0 Å². The van der Waals surface area contributed by atoms with Gasteiger partial charge in [0, 0.05) is 18.6 Å². The van der Waals surface area contributed by atoms with Crippen LogP contribution < -0.4 is 5.32 Å². The number of rotatable bonds is 7. The monoisotopic (exact) mass is 248 g/mol. The summed E-state index contributed by atoms with van der Waals surface area (Å²) in [6.45, 7) is 14.3. The van der Waals surface area contributed by atoms with E-state index in [4.69, 9.17) is 0 Å². The van der Waals surface area contributed by atoms with Crippen molar-refractivity contribution in [2.75, 3.05) is 19.6 Å². The minimum absolute atomic E-state index is 0.429. The number of hydrogen-bond acceptors (Lipinski definition) is 2. The summed E-state index contributed by atoms with van der Waals surface area (Å²) in [4.78, 5) is 2.51. The molecule has 0 aromatic heterocycles. The molecule has 1 unspecified atom stereocenters. The standard InChI is InChI=1S/C16H28N2/c1-6-17-16(12-18(7-2)13(3)4)15-10-8-14(5)9-11-15/h8-11,13,16-17H,6-7,12H2,1-5H3. The van der Waals surface area contributed by atoms with E-state index in [-0.39, 0.29) is 0 Å². The molecule has 1 N–H and O–H groups in total.